The van der Waals surface area contributed by atoms with Crippen LogP contribution in [0.25, 0.3) is 0 Å². The van der Waals surface area contributed by atoms with Crippen LogP contribution in [0.5, 0.6) is 0 Å². The van der Waals surface area contributed by atoms with Gasteiger partial charge in [-0.2, -0.15) is 0 Å². The summed E-state index contributed by atoms with van der Waals surface area (Å²) in [6.07, 6.45) is 27.2. The van der Waals surface area contributed by atoms with Crippen LogP contribution < -0.4 is 0 Å². The molecule has 1 unspecified atom stereocenters. The molecule has 1 aliphatic heterocycles. The lowest BCUT2D eigenvalue weighted by atomic mass is 10.0. The van der Waals surface area contributed by atoms with Gasteiger partial charge < -0.3 is 5.11 Å². The number of hydrazine groups is 1. The highest BCUT2D eigenvalue weighted by molar-refractivity contribution is 5.46. The van der Waals surface area contributed by atoms with Crippen molar-refractivity contribution in [3.05, 3.63) is 0 Å². The third-order valence-corrected chi connectivity index (χ3v) is 6.75. The minimum absolute atomic E-state index is 0.215. The van der Waals surface area contributed by atoms with E-state index in [9.17, 15) is 9.90 Å². The van der Waals surface area contributed by atoms with Gasteiger partial charge in [-0.1, -0.05) is 110 Å². The first kappa shape index (κ1) is 27.4. The molecule has 0 bridgehead atoms. The fourth-order valence-corrected chi connectivity index (χ4v) is 4.83. The Bertz CT molecular complexity index is 376. The second-order valence-corrected chi connectivity index (χ2v) is 9.40. The number of piperidine rings is 1. The number of hydrogen-bond donors (Lipinski definition) is 1. The quantitative estimate of drug-likeness (QED) is 0.162. The minimum Gasteiger partial charge on any atom is -0.396 e. The lowest BCUT2D eigenvalue weighted by Crippen LogP contribution is -2.51. The molecule has 1 saturated heterocycles. The molecular formula is C26H52N2O2. The Morgan fingerprint density at radius 1 is 0.800 bits per heavy atom. The largest absolute Gasteiger partial charge is 0.396 e. The summed E-state index contributed by atoms with van der Waals surface area (Å²) in [4.78, 5) is 11.6. The number of unbranched alkanes of at least 4 members (excludes halogenated alkanes) is 15. The van der Waals surface area contributed by atoms with Crippen LogP contribution in [-0.4, -0.2) is 47.3 Å². The lowest BCUT2D eigenvalue weighted by Gasteiger charge is -2.41. The van der Waals surface area contributed by atoms with Crippen molar-refractivity contribution in [1.29, 1.82) is 0 Å². The van der Waals surface area contributed by atoms with E-state index >= 15 is 0 Å². The van der Waals surface area contributed by atoms with Gasteiger partial charge in [-0.05, 0) is 25.7 Å². The molecule has 4 heteroatoms. The Kier molecular flexibility index (Phi) is 18.6. The summed E-state index contributed by atoms with van der Waals surface area (Å²) in [6.45, 7) is 4.30. The Hall–Kier alpha value is -0.610. The number of rotatable bonds is 21. The molecule has 178 valence electrons. The Balaban J connectivity index is 1.91. The summed E-state index contributed by atoms with van der Waals surface area (Å²) in [7, 11) is 0. The number of carbonyl (C=O) groups excluding carboxylic acids is 1. The highest BCUT2D eigenvalue weighted by atomic mass is 16.3. The fourth-order valence-electron chi connectivity index (χ4n) is 4.83. The van der Waals surface area contributed by atoms with Crippen molar-refractivity contribution in [3.8, 4) is 0 Å². The summed E-state index contributed by atoms with van der Waals surface area (Å²) in [5, 5.41) is 13.4. The smallest absolute Gasteiger partial charge is 0.224 e. The summed E-state index contributed by atoms with van der Waals surface area (Å²) >= 11 is 0. The molecule has 0 spiro atoms. The molecule has 0 radical (unpaired) electrons. The van der Waals surface area contributed by atoms with E-state index < -0.39 is 0 Å². The van der Waals surface area contributed by atoms with E-state index in [-0.39, 0.29) is 6.61 Å². The average Bonchev–Trinajstić information content (AvgIpc) is 2.77. The zero-order valence-corrected chi connectivity index (χ0v) is 20.2. The molecule has 0 aromatic heterocycles. The predicted octanol–water partition coefficient (Wildman–Crippen LogP) is 6.86. The van der Waals surface area contributed by atoms with Gasteiger partial charge in [-0.3, -0.25) is 9.80 Å². The van der Waals surface area contributed by atoms with Crippen LogP contribution in [0, 0.1) is 0 Å². The number of carbonyl (C=O) groups is 1. The number of aliphatic hydroxyl groups excluding tert-OH is 1. The maximum Gasteiger partial charge on any atom is 0.224 e. The van der Waals surface area contributed by atoms with Crippen molar-refractivity contribution in [1.82, 2.24) is 10.0 Å². The van der Waals surface area contributed by atoms with Crippen molar-refractivity contribution in [3.63, 3.8) is 0 Å². The molecule has 1 aliphatic rings. The fraction of sp³-hybridized carbons (Fsp3) is 0.962. The second-order valence-electron chi connectivity index (χ2n) is 9.40. The van der Waals surface area contributed by atoms with Gasteiger partial charge >= 0.3 is 0 Å². The molecule has 4 nitrogen and oxygen atoms in total. The molecular weight excluding hydrogens is 372 g/mol. The first-order valence-corrected chi connectivity index (χ1v) is 13.4. The standard InChI is InChI=1S/C26H52N2O2/c1-2-3-4-5-6-7-8-9-10-11-12-13-14-15-16-18-22-27(25-30)28-23-19-17-20-26(28)21-24-29/h25-26,29H,2-24H2,1H3. The van der Waals surface area contributed by atoms with E-state index in [0.29, 0.717) is 6.04 Å². The van der Waals surface area contributed by atoms with Gasteiger partial charge in [-0.25, -0.2) is 5.01 Å². The zero-order chi connectivity index (χ0) is 21.7. The summed E-state index contributed by atoms with van der Waals surface area (Å²) in [5.74, 6) is 0. The van der Waals surface area contributed by atoms with Gasteiger partial charge in [-0.15, -0.1) is 0 Å². The highest BCUT2D eigenvalue weighted by Gasteiger charge is 2.26. The SMILES string of the molecule is CCCCCCCCCCCCCCCCCCN(C=O)N1CCCCC1CCO. The molecule has 1 amide bonds. The Morgan fingerprint density at radius 2 is 1.30 bits per heavy atom. The van der Waals surface area contributed by atoms with Crippen molar-refractivity contribution in [2.24, 2.45) is 0 Å². The maximum absolute atomic E-state index is 11.6. The van der Waals surface area contributed by atoms with Gasteiger partial charge in [0, 0.05) is 25.7 Å². The summed E-state index contributed by atoms with van der Waals surface area (Å²) < 4.78 is 0. The summed E-state index contributed by atoms with van der Waals surface area (Å²) in [5.41, 5.74) is 0. The topological polar surface area (TPSA) is 43.8 Å². The molecule has 1 heterocycles. The van der Waals surface area contributed by atoms with Gasteiger partial charge in [0.1, 0.15) is 0 Å². The number of aliphatic hydroxyl groups is 1. The van der Waals surface area contributed by atoms with E-state index in [1.165, 1.54) is 103 Å². The van der Waals surface area contributed by atoms with E-state index in [0.717, 1.165) is 45.2 Å². The highest BCUT2D eigenvalue weighted by Crippen LogP contribution is 2.21. The number of nitrogens with zero attached hydrogens (tertiary/aromatic N) is 2. The van der Waals surface area contributed by atoms with Gasteiger partial charge in [0.25, 0.3) is 0 Å². The van der Waals surface area contributed by atoms with Gasteiger partial charge in [0.05, 0.1) is 0 Å². The summed E-state index contributed by atoms with van der Waals surface area (Å²) in [6, 6.07) is 0.343. The average molecular weight is 425 g/mol. The number of amides is 1. The molecule has 0 aromatic carbocycles. The zero-order valence-electron chi connectivity index (χ0n) is 20.2. The van der Waals surface area contributed by atoms with Crippen LogP contribution in [0.3, 0.4) is 0 Å². The van der Waals surface area contributed by atoms with Crippen molar-refractivity contribution in [2.75, 3.05) is 19.7 Å². The first-order valence-electron chi connectivity index (χ1n) is 13.4. The lowest BCUT2D eigenvalue weighted by molar-refractivity contribution is -0.143. The maximum atomic E-state index is 11.6. The molecule has 1 N–H and O–H groups in total. The van der Waals surface area contributed by atoms with Crippen molar-refractivity contribution >= 4 is 6.41 Å². The van der Waals surface area contributed by atoms with Crippen molar-refractivity contribution in [2.45, 2.75) is 141 Å². The van der Waals surface area contributed by atoms with Crippen LogP contribution in [0.4, 0.5) is 0 Å². The van der Waals surface area contributed by atoms with E-state index in [1.807, 2.05) is 5.01 Å². The van der Waals surface area contributed by atoms with Crippen LogP contribution >= 0.6 is 0 Å². The first-order chi connectivity index (χ1) is 14.8. The van der Waals surface area contributed by atoms with Crippen LogP contribution in [0.2, 0.25) is 0 Å². The molecule has 0 aromatic rings. The van der Waals surface area contributed by atoms with E-state index in [4.69, 9.17) is 0 Å². The predicted molar refractivity (Wildman–Crippen MR) is 128 cm³/mol. The minimum atomic E-state index is 0.215. The molecule has 0 saturated carbocycles. The third-order valence-electron chi connectivity index (χ3n) is 6.75. The number of hydrogen-bond acceptors (Lipinski definition) is 3. The molecule has 30 heavy (non-hydrogen) atoms. The van der Waals surface area contributed by atoms with Crippen LogP contribution in [0.15, 0.2) is 0 Å². The molecule has 0 aliphatic carbocycles. The molecule has 1 atom stereocenters. The normalized spacial score (nSPS) is 17.3. The Labute approximate surface area is 187 Å². The van der Waals surface area contributed by atoms with Gasteiger partial charge in [0.15, 0.2) is 0 Å². The Morgan fingerprint density at radius 3 is 1.77 bits per heavy atom. The van der Waals surface area contributed by atoms with Gasteiger partial charge in [0.2, 0.25) is 6.41 Å². The van der Waals surface area contributed by atoms with Crippen LogP contribution in [0.1, 0.15) is 135 Å². The van der Waals surface area contributed by atoms with Crippen LogP contribution in [-0.2, 0) is 4.79 Å². The molecule has 1 rings (SSSR count). The van der Waals surface area contributed by atoms with Crippen molar-refractivity contribution < 1.29 is 9.90 Å². The third kappa shape index (κ3) is 13.6. The van der Waals surface area contributed by atoms with E-state index in [2.05, 4.69) is 11.9 Å². The second kappa shape index (κ2) is 20.3. The van der Waals surface area contributed by atoms with E-state index in [1.54, 1.807) is 0 Å². The monoisotopic (exact) mass is 424 g/mol. The molecule has 1 fully saturated rings.